The SMILES string of the molecule is CCNc1nn(C(c2ccccc2)(c2ccccc2)c2ccccc2)c2cc3c(cc12)CN([C@H](C)c1ccccc1)C(=O)N3. The summed E-state index contributed by atoms with van der Waals surface area (Å²) in [5.41, 5.74) is 6.40. The molecule has 44 heavy (non-hydrogen) atoms. The first kappa shape index (κ1) is 27.5. The number of nitrogens with zero attached hydrogens (tertiary/aromatic N) is 3. The lowest BCUT2D eigenvalue weighted by atomic mass is 9.77. The Morgan fingerprint density at radius 1 is 0.795 bits per heavy atom. The number of carbonyl (C=O) groups is 1. The van der Waals surface area contributed by atoms with Crippen molar-refractivity contribution in [3.05, 3.63) is 161 Å². The van der Waals surface area contributed by atoms with Crippen LogP contribution in [0.25, 0.3) is 10.9 Å². The molecule has 6 heteroatoms. The van der Waals surface area contributed by atoms with Gasteiger partial charge >= 0.3 is 6.03 Å². The highest BCUT2D eigenvalue weighted by atomic mass is 16.2. The number of hydrogen-bond donors (Lipinski definition) is 2. The molecule has 0 aliphatic carbocycles. The maximum atomic E-state index is 13.5. The lowest BCUT2D eigenvalue weighted by Gasteiger charge is -2.37. The summed E-state index contributed by atoms with van der Waals surface area (Å²) in [7, 11) is 0. The van der Waals surface area contributed by atoms with E-state index >= 15 is 0 Å². The Kier molecular flexibility index (Phi) is 7.10. The zero-order valence-corrected chi connectivity index (χ0v) is 24.9. The van der Waals surface area contributed by atoms with Crippen molar-refractivity contribution in [3.63, 3.8) is 0 Å². The molecule has 0 fully saturated rings. The van der Waals surface area contributed by atoms with Crippen LogP contribution in [-0.4, -0.2) is 27.3 Å². The fraction of sp³-hybridized carbons (Fsp3) is 0.158. The second-order valence-corrected chi connectivity index (χ2v) is 11.3. The Balaban J connectivity index is 1.47. The number of anilines is 2. The molecule has 0 saturated heterocycles. The van der Waals surface area contributed by atoms with Gasteiger partial charge in [0.2, 0.25) is 0 Å². The zero-order chi connectivity index (χ0) is 30.1. The third-order valence-corrected chi connectivity index (χ3v) is 8.73. The van der Waals surface area contributed by atoms with Crippen molar-refractivity contribution < 1.29 is 4.79 Å². The van der Waals surface area contributed by atoms with Gasteiger partial charge in [0, 0.05) is 17.6 Å². The van der Waals surface area contributed by atoms with E-state index in [1.165, 1.54) is 0 Å². The second kappa shape index (κ2) is 11.4. The molecule has 1 aliphatic rings. The van der Waals surface area contributed by atoms with Gasteiger partial charge in [-0.05, 0) is 53.8 Å². The normalized spacial score (nSPS) is 13.8. The minimum absolute atomic E-state index is 0.0714. The van der Waals surface area contributed by atoms with E-state index in [9.17, 15) is 4.79 Å². The van der Waals surface area contributed by atoms with E-state index < -0.39 is 5.54 Å². The van der Waals surface area contributed by atoms with Gasteiger partial charge in [-0.1, -0.05) is 121 Å². The van der Waals surface area contributed by atoms with Crippen LogP contribution in [0.5, 0.6) is 0 Å². The summed E-state index contributed by atoms with van der Waals surface area (Å²) in [5, 5.41) is 13.1. The number of nitrogens with one attached hydrogen (secondary N) is 2. The predicted octanol–water partition coefficient (Wildman–Crippen LogP) is 8.42. The largest absolute Gasteiger partial charge is 0.368 e. The number of amides is 2. The highest BCUT2D eigenvalue weighted by molar-refractivity contribution is 5.99. The Morgan fingerprint density at radius 2 is 1.32 bits per heavy atom. The smallest absolute Gasteiger partial charge is 0.322 e. The number of urea groups is 1. The van der Waals surface area contributed by atoms with Gasteiger partial charge in [-0.25, -0.2) is 9.48 Å². The summed E-state index contributed by atoms with van der Waals surface area (Å²) in [6, 6.07) is 45.9. The number of benzene rings is 5. The Hall–Kier alpha value is -5.36. The summed E-state index contributed by atoms with van der Waals surface area (Å²) in [4.78, 5) is 15.4. The summed E-state index contributed by atoms with van der Waals surface area (Å²) in [6.45, 7) is 5.40. The molecule has 1 atom stereocenters. The molecule has 0 bridgehead atoms. The molecule has 1 aliphatic heterocycles. The van der Waals surface area contributed by atoms with Crippen LogP contribution >= 0.6 is 0 Å². The van der Waals surface area contributed by atoms with Crippen LogP contribution in [0.15, 0.2) is 133 Å². The number of aromatic nitrogens is 2. The average molecular weight is 578 g/mol. The van der Waals surface area contributed by atoms with Crippen LogP contribution < -0.4 is 10.6 Å². The molecule has 6 aromatic rings. The molecule has 2 N–H and O–H groups in total. The molecule has 0 spiro atoms. The van der Waals surface area contributed by atoms with Crippen LogP contribution in [0.2, 0.25) is 0 Å². The summed E-state index contributed by atoms with van der Waals surface area (Å²) >= 11 is 0. The van der Waals surface area contributed by atoms with Gasteiger partial charge < -0.3 is 15.5 Å². The maximum absolute atomic E-state index is 13.5. The minimum Gasteiger partial charge on any atom is -0.368 e. The number of hydrogen-bond acceptors (Lipinski definition) is 3. The molecule has 0 radical (unpaired) electrons. The second-order valence-electron chi connectivity index (χ2n) is 11.3. The monoisotopic (exact) mass is 577 g/mol. The molecule has 218 valence electrons. The van der Waals surface area contributed by atoms with E-state index in [0.717, 1.165) is 56.8 Å². The lowest BCUT2D eigenvalue weighted by molar-refractivity contribution is 0.186. The topological polar surface area (TPSA) is 62.2 Å². The molecule has 2 amide bonds. The van der Waals surface area contributed by atoms with Crippen molar-refractivity contribution in [3.8, 4) is 0 Å². The Morgan fingerprint density at radius 3 is 1.84 bits per heavy atom. The number of carbonyl (C=O) groups excluding carboxylic acids is 1. The molecule has 0 unspecified atom stereocenters. The molecule has 1 aromatic heterocycles. The summed E-state index contributed by atoms with van der Waals surface area (Å²) in [6.07, 6.45) is 0. The van der Waals surface area contributed by atoms with Crippen LogP contribution in [-0.2, 0) is 12.1 Å². The minimum atomic E-state index is -0.781. The quantitative estimate of drug-likeness (QED) is 0.179. The van der Waals surface area contributed by atoms with E-state index in [-0.39, 0.29) is 12.1 Å². The van der Waals surface area contributed by atoms with Gasteiger partial charge in [-0.2, -0.15) is 5.10 Å². The van der Waals surface area contributed by atoms with Crippen molar-refractivity contribution >= 4 is 28.4 Å². The molecule has 7 rings (SSSR count). The van der Waals surface area contributed by atoms with Crippen LogP contribution in [0.4, 0.5) is 16.3 Å². The number of rotatable bonds is 8. The summed E-state index contributed by atoms with van der Waals surface area (Å²) < 4.78 is 2.14. The fourth-order valence-corrected chi connectivity index (χ4v) is 6.58. The highest BCUT2D eigenvalue weighted by Gasteiger charge is 2.41. The zero-order valence-electron chi connectivity index (χ0n) is 24.9. The van der Waals surface area contributed by atoms with Crippen molar-refractivity contribution in [2.24, 2.45) is 0 Å². The van der Waals surface area contributed by atoms with E-state index in [4.69, 9.17) is 5.10 Å². The first-order valence-electron chi connectivity index (χ1n) is 15.2. The van der Waals surface area contributed by atoms with Gasteiger partial charge in [-0.3, -0.25) is 0 Å². The van der Waals surface area contributed by atoms with Gasteiger partial charge in [-0.15, -0.1) is 0 Å². The fourth-order valence-electron chi connectivity index (χ4n) is 6.58. The molecule has 5 aromatic carbocycles. The predicted molar refractivity (Wildman–Crippen MR) is 178 cm³/mol. The standard InChI is InChI=1S/C38H35N5O/c1-3-39-36-33-24-29-26-42(27(2)28-16-8-4-9-17-28)37(44)40-34(29)25-35(33)43(41-36)38(30-18-10-5-11-19-30,31-20-12-6-13-21-31)32-22-14-7-15-23-32/h4-25,27H,3,26H2,1-2H3,(H,39,41)(H,40,44)/t27-/m1/s1. The van der Waals surface area contributed by atoms with Crippen molar-refractivity contribution in [2.45, 2.75) is 32.0 Å². The third-order valence-electron chi connectivity index (χ3n) is 8.73. The average Bonchev–Trinajstić information content (AvgIpc) is 3.42. The Bertz CT molecular complexity index is 1810. The van der Waals surface area contributed by atoms with Crippen molar-refractivity contribution in [1.29, 1.82) is 0 Å². The molecular weight excluding hydrogens is 542 g/mol. The van der Waals surface area contributed by atoms with Gasteiger partial charge in [0.05, 0.1) is 18.1 Å². The van der Waals surface area contributed by atoms with Crippen LogP contribution in [0.3, 0.4) is 0 Å². The molecule has 0 saturated carbocycles. The van der Waals surface area contributed by atoms with Crippen LogP contribution in [0.1, 0.15) is 47.7 Å². The summed E-state index contributed by atoms with van der Waals surface area (Å²) in [5.74, 6) is 0.817. The lowest BCUT2D eigenvalue weighted by Crippen LogP contribution is -2.40. The highest BCUT2D eigenvalue weighted by Crippen LogP contribution is 2.45. The van der Waals surface area contributed by atoms with Gasteiger partial charge in [0.1, 0.15) is 5.54 Å². The Labute approximate surface area is 258 Å². The van der Waals surface area contributed by atoms with Gasteiger partial charge in [0.15, 0.2) is 5.82 Å². The van der Waals surface area contributed by atoms with E-state index in [0.29, 0.717) is 6.54 Å². The van der Waals surface area contributed by atoms with E-state index in [1.54, 1.807) is 0 Å². The van der Waals surface area contributed by atoms with Crippen molar-refractivity contribution in [2.75, 3.05) is 17.2 Å². The maximum Gasteiger partial charge on any atom is 0.322 e. The van der Waals surface area contributed by atoms with Crippen molar-refractivity contribution in [1.82, 2.24) is 14.7 Å². The molecule has 2 heterocycles. The molecular formula is C38H35N5O. The van der Waals surface area contributed by atoms with E-state index in [1.807, 2.05) is 41.3 Å². The molecule has 6 nitrogen and oxygen atoms in total. The van der Waals surface area contributed by atoms with Crippen LogP contribution in [0, 0.1) is 0 Å². The first-order valence-corrected chi connectivity index (χ1v) is 15.2. The van der Waals surface area contributed by atoms with E-state index in [2.05, 4.69) is 126 Å². The first-order chi connectivity index (χ1) is 21.6. The third kappa shape index (κ3) is 4.51. The van der Waals surface area contributed by atoms with Gasteiger partial charge in [0.25, 0.3) is 0 Å². The number of fused-ring (bicyclic) bond motifs is 2.